The van der Waals surface area contributed by atoms with Crippen molar-refractivity contribution < 1.29 is 14.3 Å². The van der Waals surface area contributed by atoms with Crippen LogP contribution in [0.3, 0.4) is 0 Å². The second kappa shape index (κ2) is 4.21. The molecular weight excluding hydrogens is 194 g/mol. The predicted molar refractivity (Wildman–Crippen MR) is 54.1 cm³/mol. The summed E-state index contributed by atoms with van der Waals surface area (Å²) in [6.07, 6.45) is 3.36. The Labute approximate surface area is 89.6 Å². The molecule has 0 saturated carbocycles. The molecular formula is C11H17NO3. The fourth-order valence-corrected chi connectivity index (χ4v) is 2.99. The molecule has 0 radical (unpaired) electrons. The molecule has 0 aromatic carbocycles. The lowest BCUT2D eigenvalue weighted by Crippen LogP contribution is -2.49. The molecule has 2 heterocycles. The van der Waals surface area contributed by atoms with Gasteiger partial charge in [0, 0.05) is 31.3 Å². The lowest BCUT2D eigenvalue weighted by atomic mass is 9.84. The molecule has 4 heteroatoms. The number of ether oxygens (including phenoxy) is 1. The molecule has 3 atom stereocenters. The Bertz CT molecular complexity index is 267. The fraction of sp³-hybridized carbons (Fsp3) is 0.818. The quantitative estimate of drug-likeness (QED) is 0.653. The minimum absolute atomic E-state index is 0.0136. The first-order valence-electron chi connectivity index (χ1n) is 5.66. The number of hydrogen-bond donors (Lipinski definition) is 0. The molecule has 0 bridgehead atoms. The Kier molecular flexibility index (Phi) is 2.93. The van der Waals surface area contributed by atoms with E-state index in [2.05, 4.69) is 6.92 Å². The summed E-state index contributed by atoms with van der Waals surface area (Å²) in [6, 6.07) is 0.307. The standard InChI is InChI=1S/C11H17NO3/c1-2-8-9-3-4-11(14)12(9)6-5-10(8)15-7-13/h7-10H,2-6H2,1H3/t8-,9+,10+/m1/s1. The van der Waals surface area contributed by atoms with Crippen molar-refractivity contribution in [1.29, 1.82) is 0 Å². The molecule has 1 amide bonds. The zero-order valence-corrected chi connectivity index (χ0v) is 9.02. The maximum Gasteiger partial charge on any atom is 0.293 e. The van der Waals surface area contributed by atoms with Crippen LogP contribution in [0.25, 0.3) is 0 Å². The molecule has 0 aliphatic carbocycles. The van der Waals surface area contributed by atoms with Gasteiger partial charge in [-0.3, -0.25) is 9.59 Å². The largest absolute Gasteiger partial charge is 0.464 e. The monoisotopic (exact) mass is 211 g/mol. The number of nitrogens with zero attached hydrogens (tertiary/aromatic N) is 1. The van der Waals surface area contributed by atoms with E-state index in [1.165, 1.54) is 0 Å². The van der Waals surface area contributed by atoms with Crippen molar-refractivity contribution >= 4 is 12.4 Å². The Hall–Kier alpha value is -1.06. The second-order valence-electron chi connectivity index (χ2n) is 4.32. The molecule has 15 heavy (non-hydrogen) atoms. The normalized spacial score (nSPS) is 35.1. The molecule has 0 spiro atoms. The molecule has 0 aromatic heterocycles. The van der Waals surface area contributed by atoms with Crippen LogP contribution in [0.5, 0.6) is 0 Å². The van der Waals surface area contributed by atoms with Crippen molar-refractivity contribution in [2.45, 2.75) is 44.8 Å². The van der Waals surface area contributed by atoms with Gasteiger partial charge in [-0.25, -0.2) is 0 Å². The van der Waals surface area contributed by atoms with E-state index in [0.29, 0.717) is 24.9 Å². The number of piperidine rings is 1. The molecule has 2 aliphatic rings. The molecule has 2 aliphatic heterocycles. The van der Waals surface area contributed by atoms with Crippen molar-refractivity contribution in [2.75, 3.05) is 6.54 Å². The summed E-state index contributed by atoms with van der Waals surface area (Å²) in [4.78, 5) is 23.9. The molecule has 84 valence electrons. The van der Waals surface area contributed by atoms with Crippen molar-refractivity contribution in [2.24, 2.45) is 5.92 Å². The van der Waals surface area contributed by atoms with Gasteiger partial charge in [-0.15, -0.1) is 0 Å². The minimum Gasteiger partial charge on any atom is -0.464 e. The lowest BCUT2D eigenvalue weighted by Gasteiger charge is -2.40. The van der Waals surface area contributed by atoms with E-state index in [1.54, 1.807) is 0 Å². The first kappa shape index (κ1) is 10.5. The zero-order valence-electron chi connectivity index (χ0n) is 9.02. The van der Waals surface area contributed by atoms with Gasteiger partial charge in [0.2, 0.25) is 5.91 Å². The third-order valence-electron chi connectivity index (χ3n) is 3.70. The van der Waals surface area contributed by atoms with Gasteiger partial charge in [0.25, 0.3) is 6.47 Å². The van der Waals surface area contributed by atoms with E-state index in [0.717, 1.165) is 25.8 Å². The molecule has 0 N–H and O–H groups in total. The van der Waals surface area contributed by atoms with E-state index >= 15 is 0 Å². The van der Waals surface area contributed by atoms with Crippen molar-refractivity contribution in [3.05, 3.63) is 0 Å². The summed E-state index contributed by atoms with van der Waals surface area (Å²) in [7, 11) is 0. The third-order valence-corrected chi connectivity index (χ3v) is 3.70. The number of rotatable bonds is 3. The molecule has 2 saturated heterocycles. The fourth-order valence-electron chi connectivity index (χ4n) is 2.99. The maximum absolute atomic E-state index is 11.6. The van der Waals surface area contributed by atoms with E-state index in [1.807, 2.05) is 4.90 Å². The van der Waals surface area contributed by atoms with E-state index in [4.69, 9.17) is 4.74 Å². The summed E-state index contributed by atoms with van der Waals surface area (Å²) < 4.78 is 5.11. The average molecular weight is 211 g/mol. The Morgan fingerprint density at radius 1 is 1.53 bits per heavy atom. The minimum atomic E-state index is 0.0136. The zero-order chi connectivity index (χ0) is 10.8. The molecule has 2 fully saturated rings. The first-order chi connectivity index (χ1) is 7.27. The van der Waals surface area contributed by atoms with Gasteiger partial charge in [-0.2, -0.15) is 0 Å². The van der Waals surface area contributed by atoms with Gasteiger partial charge >= 0.3 is 0 Å². The number of carbonyl (C=O) groups excluding carboxylic acids is 2. The number of fused-ring (bicyclic) bond motifs is 1. The van der Waals surface area contributed by atoms with Crippen LogP contribution in [-0.4, -0.2) is 36.0 Å². The van der Waals surface area contributed by atoms with Gasteiger partial charge in [0.15, 0.2) is 0 Å². The highest BCUT2D eigenvalue weighted by atomic mass is 16.5. The van der Waals surface area contributed by atoms with Crippen LogP contribution in [0.1, 0.15) is 32.6 Å². The van der Waals surface area contributed by atoms with Gasteiger partial charge in [0.1, 0.15) is 6.10 Å². The van der Waals surface area contributed by atoms with E-state index < -0.39 is 0 Å². The highest BCUT2D eigenvalue weighted by Gasteiger charge is 2.43. The Morgan fingerprint density at radius 3 is 3.00 bits per heavy atom. The summed E-state index contributed by atoms with van der Waals surface area (Å²) in [6.45, 7) is 3.39. The first-order valence-corrected chi connectivity index (χ1v) is 5.66. The van der Waals surface area contributed by atoms with Gasteiger partial charge < -0.3 is 9.64 Å². The van der Waals surface area contributed by atoms with Gasteiger partial charge in [-0.05, 0) is 12.8 Å². The van der Waals surface area contributed by atoms with Crippen LogP contribution in [-0.2, 0) is 14.3 Å². The number of amides is 1. The van der Waals surface area contributed by atoms with Crippen LogP contribution in [0, 0.1) is 5.92 Å². The van der Waals surface area contributed by atoms with Crippen LogP contribution >= 0.6 is 0 Å². The summed E-state index contributed by atoms with van der Waals surface area (Å²) in [5.74, 6) is 0.596. The second-order valence-corrected chi connectivity index (χ2v) is 4.32. The number of carbonyl (C=O) groups is 2. The molecule has 2 rings (SSSR count). The van der Waals surface area contributed by atoms with Crippen LogP contribution in [0.2, 0.25) is 0 Å². The summed E-state index contributed by atoms with van der Waals surface area (Å²) in [5.41, 5.74) is 0. The van der Waals surface area contributed by atoms with Crippen LogP contribution < -0.4 is 0 Å². The number of hydrogen-bond acceptors (Lipinski definition) is 3. The average Bonchev–Trinajstić information content (AvgIpc) is 2.61. The summed E-state index contributed by atoms with van der Waals surface area (Å²) in [5, 5.41) is 0. The van der Waals surface area contributed by atoms with Crippen LogP contribution in [0.4, 0.5) is 0 Å². The SMILES string of the molecule is CC[C@H]1[C@@H](OC=O)CCN2C(=O)CC[C@@H]12. The smallest absolute Gasteiger partial charge is 0.293 e. The topological polar surface area (TPSA) is 46.6 Å². The Balaban J connectivity index is 2.10. The molecule has 0 unspecified atom stereocenters. The van der Waals surface area contributed by atoms with Gasteiger partial charge in [-0.1, -0.05) is 6.92 Å². The highest BCUT2D eigenvalue weighted by Crippen LogP contribution is 2.35. The van der Waals surface area contributed by atoms with E-state index in [-0.39, 0.29) is 12.0 Å². The molecule has 0 aromatic rings. The van der Waals surface area contributed by atoms with Crippen molar-refractivity contribution in [3.8, 4) is 0 Å². The highest BCUT2D eigenvalue weighted by molar-refractivity contribution is 5.79. The Morgan fingerprint density at radius 2 is 2.33 bits per heavy atom. The molecule has 4 nitrogen and oxygen atoms in total. The third kappa shape index (κ3) is 1.73. The predicted octanol–water partition coefficient (Wildman–Crippen LogP) is 0.949. The van der Waals surface area contributed by atoms with Crippen molar-refractivity contribution in [3.63, 3.8) is 0 Å². The van der Waals surface area contributed by atoms with Crippen molar-refractivity contribution in [1.82, 2.24) is 4.90 Å². The van der Waals surface area contributed by atoms with E-state index in [9.17, 15) is 9.59 Å². The van der Waals surface area contributed by atoms with Gasteiger partial charge in [0.05, 0.1) is 0 Å². The summed E-state index contributed by atoms with van der Waals surface area (Å²) >= 11 is 0. The maximum atomic E-state index is 11.6. The lowest BCUT2D eigenvalue weighted by molar-refractivity contribution is -0.144. The van der Waals surface area contributed by atoms with Crippen LogP contribution in [0.15, 0.2) is 0 Å².